The molecule has 204 valence electrons. The first-order chi connectivity index (χ1) is 19.3. The van der Waals surface area contributed by atoms with Gasteiger partial charge in [-0.3, -0.25) is 0 Å². The van der Waals surface area contributed by atoms with Crippen LogP contribution in [0.3, 0.4) is 0 Å². The van der Waals surface area contributed by atoms with Crippen LogP contribution in [0.4, 0.5) is 11.4 Å². The van der Waals surface area contributed by atoms with Crippen molar-refractivity contribution in [2.45, 2.75) is 39.3 Å². The lowest BCUT2D eigenvalue weighted by Gasteiger charge is -2.46. The second-order valence-electron chi connectivity index (χ2n) is 10.1. The number of carbonyl (C=O) groups excluding carboxylic acids is 1. The number of hydrogen-bond donors (Lipinski definition) is 1. The highest BCUT2D eigenvalue weighted by molar-refractivity contribution is 6.30. The molecule has 0 aromatic heterocycles. The van der Waals surface area contributed by atoms with Gasteiger partial charge >= 0.3 is 5.97 Å². The van der Waals surface area contributed by atoms with Gasteiger partial charge in [0.05, 0.1) is 24.3 Å². The predicted octanol–water partition coefficient (Wildman–Crippen LogP) is 9.23. The quantitative estimate of drug-likeness (QED) is 0.225. The van der Waals surface area contributed by atoms with Gasteiger partial charge in [-0.05, 0) is 80.4 Å². The fraction of sp³-hybridized carbons (Fsp3) is 0.206. The zero-order valence-electron chi connectivity index (χ0n) is 22.8. The second kappa shape index (κ2) is 12.2. The first-order valence-corrected chi connectivity index (χ1v) is 14.2. The summed E-state index contributed by atoms with van der Waals surface area (Å²) >= 11 is 12.5. The molecule has 0 fully saturated rings. The van der Waals surface area contributed by atoms with E-state index in [-0.39, 0.29) is 18.6 Å². The van der Waals surface area contributed by atoms with Crippen LogP contribution in [0.15, 0.2) is 108 Å². The van der Waals surface area contributed by atoms with E-state index in [1.165, 1.54) is 5.56 Å². The van der Waals surface area contributed by atoms with Gasteiger partial charge in [0, 0.05) is 33.5 Å². The smallest absolute Gasteiger partial charge is 0.338 e. The summed E-state index contributed by atoms with van der Waals surface area (Å²) in [5.74, 6) is -0.342. The average molecular weight is 572 g/mol. The summed E-state index contributed by atoms with van der Waals surface area (Å²) in [5, 5.41) is 4.88. The molecule has 5 rings (SSSR count). The number of hydrogen-bond acceptors (Lipinski definition) is 4. The van der Waals surface area contributed by atoms with Gasteiger partial charge in [-0.1, -0.05) is 82.9 Å². The fourth-order valence-electron chi connectivity index (χ4n) is 5.24. The van der Waals surface area contributed by atoms with Crippen LogP contribution in [0, 0.1) is 13.8 Å². The molecule has 0 amide bonds. The number of aryl methyl sites for hydroxylation is 2. The van der Waals surface area contributed by atoms with Crippen molar-refractivity contribution >= 4 is 40.5 Å². The Morgan fingerprint density at radius 2 is 1.32 bits per heavy atom. The van der Waals surface area contributed by atoms with Crippen LogP contribution in [-0.2, 0) is 9.53 Å². The standard InChI is InChI=1S/C34H32Cl2N2O2/c1-4-40-34(39)32-30(37-28-17-13-26(35)14-18-28)21-31(24-9-5-22(2)6-10-24)38(29-19-15-27(36)16-20-29)33(32)25-11-7-23(3)8-12-25/h5-20,31,33,37H,4,21H2,1-3H3. The minimum Gasteiger partial charge on any atom is -0.463 e. The van der Waals surface area contributed by atoms with E-state index in [0.29, 0.717) is 22.0 Å². The van der Waals surface area contributed by atoms with Gasteiger partial charge in [0.1, 0.15) is 0 Å². The van der Waals surface area contributed by atoms with Gasteiger partial charge in [0.2, 0.25) is 0 Å². The Balaban J connectivity index is 1.77. The molecule has 1 heterocycles. The van der Waals surface area contributed by atoms with E-state index in [2.05, 4.69) is 72.6 Å². The third-order valence-corrected chi connectivity index (χ3v) is 7.73. The van der Waals surface area contributed by atoms with Crippen LogP contribution < -0.4 is 10.2 Å². The molecule has 2 unspecified atom stereocenters. The van der Waals surface area contributed by atoms with Crippen LogP contribution in [0.25, 0.3) is 0 Å². The number of nitrogens with one attached hydrogen (secondary N) is 1. The van der Waals surface area contributed by atoms with Crippen molar-refractivity contribution < 1.29 is 9.53 Å². The number of anilines is 2. The molecule has 1 aliphatic heterocycles. The molecule has 0 bridgehead atoms. The molecule has 0 saturated carbocycles. The highest BCUT2D eigenvalue weighted by Gasteiger charge is 2.41. The topological polar surface area (TPSA) is 41.6 Å². The lowest BCUT2D eigenvalue weighted by molar-refractivity contribution is -0.139. The van der Waals surface area contributed by atoms with Gasteiger partial charge in [0.15, 0.2) is 0 Å². The highest BCUT2D eigenvalue weighted by atomic mass is 35.5. The van der Waals surface area contributed by atoms with Crippen LogP contribution in [0.5, 0.6) is 0 Å². The zero-order chi connectivity index (χ0) is 28.2. The molecular formula is C34H32Cl2N2O2. The molecule has 0 spiro atoms. The van der Waals surface area contributed by atoms with Gasteiger partial charge < -0.3 is 15.0 Å². The van der Waals surface area contributed by atoms with Crippen LogP contribution >= 0.6 is 23.2 Å². The zero-order valence-corrected chi connectivity index (χ0v) is 24.3. The maximum atomic E-state index is 13.8. The number of ether oxygens (including phenoxy) is 1. The third kappa shape index (κ3) is 6.04. The first-order valence-electron chi connectivity index (χ1n) is 13.4. The molecule has 2 atom stereocenters. The number of nitrogens with zero attached hydrogens (tertiary/aromatic N) is 1. The average Bonchev–Trinajstić information content (AvgIpc) is 2.95. The summed E-state index contributed by atoms with van der Waals surface area (Å²) in [4.78, 5) is 16.2. The van der Waals surface area contributed by atoms with Crippen molar-refractivity contribution in [3.05, 3.63) is 141 Å². The summed E-state index contributed by atoms with van der Waals surface area (Å²) in [6.45, 7) is 6.26. The lowest BCUT2D eigenvalue weighted by atomic mass is 9.83. The lowest BCUT2D eigenvalue weighted by Crippen LogP contribution is -2.41. The van der Waals surface area contributed by atoms with Crippen molar-refractivity contribution in [2.75, 3.05) is 16.8 Å². The Morgan fingerprint density at radius 1 is 0.800 bits per heavy atom. The number of esters is 1. The van der Waals surface area contributed by atoms with E-state index < -0.39 is 6.04 Å². The molecule has 1 aliphatic rings. The minimum absolute atomic E-state index is 0.0824. The Morgan fingerprint density at radius 3 is 1.88 bits per heavy atom. The summed E-state index contributed by atoms with van der Waals surface area (Å²) in [6, 6.07) is 31.8. The van der Waals surface area contributed by atoms with Crippen LogP contribution in [0.1, 0.15) is 47.7 Å². The van der Waals surface area contributed by atoms with E-state index in [4.69, 9.17) is 27.9 Å². The maximum absolute atomic E-state index is 13.8. The van der Waals surface area contributed by atoms with Crippen molar-refractivity contribution in [3.63, 3.8) is 0 Å². The van der Waals surface area contributed by atoms with Gasteiger partial charge in [-0.15, -0.1) is 0 Å². The van der Waals surface area contributed by atoms with Gasteiger partial charge in [-0.25, -0.2) is 4.79 Å². The van der Waals surface area contributed by atoms with E-state index in [9.17, 15) is 4.79 Å². The first kappa shape index (κ1) is 27.8. The van der Waals surface area contributed by atoms with Crippen molar-refractivity contribution in [2.24, 2.45) is 0 Å². The minimum atomic E-state index is -0.421. The molecule has 6 heteroatoms. The van der Waals surface area contributed by atoms with E-state index in [0.717, 1.165) is 33.8 Å². The van der Waals surface area contributed by atoms with E-state index in [1.54, 1.807) is 0 Å². The van der Waals surface area contributed by atoms with E-state index >= 15 is 0 Å². The summed E-state index contributed by atoms with van der Waals surface area (Å²) in [7, 11) is 0. The van der Waals surface area contributed by atoms with E-state index in [1.807, 2.05) is 55.5 Å². The molecule has 40 heavy (non-hydrogen) atoms. The maximum Gasteiger partial charge on any atom is 0.338 e. The number of carbonyl (C=O) groups is 1. The third-order valence-electron chi connectivity index (χ3n) is 7.22. The SMILES string of the molecule is CCOC(=O)C1=C(Nc2ccc(Cl)cc2)CC(c2ccc(C)cc2)N(c2ccc(Cl)cc2)C1c1ccc(C)cc1. The summed E-state index contributed by atoms with van der Waals surface area (Å²) < 4.78 is 5.70. The summed E-state index contributed by atoms with van der Waals surface area (Å²) in [6.07, 6.45) is 0.560. The highest BCUT2D eigenvalue weighted by Crippen LogP contribution is 2.48. The molecule has 0 radical (unpaired) electrons. The molecule has 4 aromatic rings. The Labute approximate surface area is 246 Å². The molecule has 0 saturated heterocycles. The van der Waals surface area contributed by atoms with Crippen molar-refractivity contribution in [1.29, 1.82) is 0 Å². The molecule has 1 N–H and O–H groups in total. The number of halogens is 2. The molecule has 0 aliphatic carbocycles. The largest absolute Gasteiger partial charge is 0.463 e. The van der Waals surface area contributed by atoms with Crippen molar-refractivity contribution in [3.8, 4) is 0 Å². The van der Waals surface area contributed by atoms with Crippen LogP contribution in [-0.4, -0.2) is 12.6 Å². The van der Waals surface area contributed by atoms with Gasteiger partial charge in [0.25, 0.3) is 0 Å². The summed E-state index contributed by atoms with van der Waals surface area (Å²) in [5.41, 5.74) is 7.70. The Bertz CT molecular complexity index is 1500. The monoisotopic (exact) mass is 570 g/mol. The Kier molecular flexibility index (Phi) is 8.49. The Hall–Kier alpha value is -3.73. The fourth-order valence-corrected chi connectivity index (χ4v) is 5.49. The molecule has 4 aromatic carbocycles. The van der Waals surface area contributed by atoms with Gasteiger partial charge in [-0.2, -0.15) is 0 Å². The normalized spacial score (nSPS) is 17.1. The molecule has 4 nitrogen and oxygen atoms in total. The van der Waals surface area contributed by atoms with Crippen molar-refractivity contribution in [1.82, 2.24) is 0 Å². The van der Waals surface area contributed by atoms with Crippen LogP contribution in [0.2, 0.25) is 10.0 Å². The predicted molar refractivity (Wildman–Crippen MR) is 165 cm³/mol. The number of benzene rings is 4. The number of rotatable bonds is 7. The molecular weight excluding hydrogens is 539 g/mol. The second-order valence-corrected chi connectivity index (χ2v) is 10.9.